The lowest BCUT2D eigenvalue weighted by atomic mass is 9.79. The Morgan fingerprint density at radius 1 is 1.16 bits per heavy atom. The van der Waals surface area contributed by atoms with Crippen molar-refractivity contribution in [1.82, 2.24) is 0 Å². The molecule has 1 aliphatic heterocycles. The molecule has 0 radical (unpaired) electrons. The first-order chi connectivity index (χ1) is 12.1. The molecule has 3 atom stereocenters. The van der Waals surface area contributed by atoms with E-state index in [-0.39, 0.29) is 23.9 Å². The van der Waals surface area contributed by atoms with Gasteiger partial charge in [0, 0.05) is 17.5 Å². The van der Waals surface area contributed by atoms with Gasteiger partial charge in [0.2, 0.25) is 0 Å². The fraction of sp³-hybridized carbons (Fsp3) is 0.500. The van der Waals surface area contributed by atoms with E-state index in [2.05, 4.69) is 11.4 Å². The molecule has 2 aliphatic carbocycles. The molecule has 1 fully saturated rings. The number of anilines is 1. The lowest BCUT2D eigenvalue weighted by molar-refractivity contribution is -0.139. The number of rotatable bonds is 3. The van der Waals surface area contributed by atoms with E-state index in [0.717, 1.165) is 43.4 Å². The van der Waals surface area contributed by atoms with Crippen LogP contribution in [-0.2, 0) is 9.53 Å². The van der Waals surface area contributed by atoms with Crippen LogP contribution in [0.15, 0.2) is 30.4 Å². The maximum Gasteiger partial charge on any atom is 0.338 e. The molecule has 0 bridgehead atoms. The Balaban J connectivity index is 1.57. The molecule has 5 nitrogen and oxygen atoms in total. The summed E-state index contributed by atoms with van der Waals surface area (Å²) in [5.41, 5.74) is 2.35. The van der Waals surface area contributed by atoms with E-state index in [0.29, 0.717) is 5.56 Å². The van der Waals surface area contributed by atoms with Crippen LogP contribution < -0.4 is 5.32 Å². The number of fused-ring (bicyclic) bond motifs is 3. The predicted molar refractivity (Wildman–Crippen MR) is 93.8 cm³/mol. The van der Waals surface area contributed by atoms with Gasteiger partial charge in [0.25, 0.3) is 0 Å². The Morgan fingerprint density at radius 3 is 2.72 bits per heavy atom. The van der Waals surface area contributed by atoms with Gasteiger partial charge in [-0.15, -0.1) is 0 Å². The molecule has 4 rings (SSSR count). The molecular weight excluding hydrogens is 318 g/mol. The minimum absolute atomic E-state index is 0.00499. The van der Waals surface area contributed by atoms with Gasteiger partial charge in [-0.05, 0) is 55.9 Å². The van der Waals surface area contributed by atoms with Crippen molar-refractivity contribution >= 4 is 17.6 Å². The number of hydrogen-bond donors (Lipinski definition) is 2. The Kier molecular flexibility index (Phi) is 4.24. The Hall–Kier alpha value is -2.30. The molecule has 0 spiro atoms. The summed E-state index contributed by atoms with van der Waals surface area (Å²) in [5, 5.41) is 12.6. The second-order valence-electron chi connectivity index (χ2n) is 7.28. The quantitative estimate of drug-likeness (QED) is 0.647. The smallest absolute Gasteiger partial charge is 0.338 e. The molecule has 25 heavy (non-hydrogen) atoms. The van der Waals surface area contributed by atoms with Crippen LogP contribution in [0.2, 0.25) is 0 Å². The number of carbonyl (C=O) groups excluding carboxylic acids is 1. The minimum Gasteiger partial charge on any atom is -0.480 e. The molecule has 1 saturated carbocycles. The molecule has 1 aromatic rings. The van der Waals surface area contributed by atoms with Gasteiger partial charge in [0.15, 0.2) is 0 Å². The number of ether oxygens (including phenoxy) is 1. The van der Waals surface area contributed by atoms with Gasteiger partial charge in [-0.25, -0.2) is 9.59 Å². The normalized spacial score (nSPS) is 27.9. The van der Waals surface area contributed by atoms with Gasteiger partial charge in [-0.3, -0.25) is 0 Å². The van der Waals surface area contributed by atoms with Crippen molar-refractivity contribution in [2.75, 3.05) is 5.32 Å². The summed E-state index contributed by atoms with van der Waals surface area (Å²) in [5.74, 6) is -1.06. The van der Waals surface area contributed by atoms with Gasteiger partial charge in [-0.2, -0.15) is 0 Å². The van der Waals surface area contributed by atoms with E-state index in [4.69, 9.17) is 4.74 Å². The van der Waals surface area contributed by atoms with E-state index in [1.165, 1.54) is 6.42 Å². The lowest BCUT2D eigenvalue weighted by Crippen LogP contribution is -2.41. The lowest BCUT2D eigenvalue weighted by Gasteiger charge is -2.35. The molecule has 3 aliphatic rings. The van der Waals surface area contributed by atoms with Crippen molar-refractivity contribution in [3.05, 3.63) is 41.5 Å². The standard InChI is InChI=1S/C20H23NO4/c22-19(23)18-15-8-4-7-14(15)16-11-12(9-10-17(16)21-18)20(24)25-13-5-2-1-3-6-13/h4,7,9-11,13-15,18,21H,1-3,5-6,8H2,(H,22,23)/t14-,15+,18-/m1/s1. The maximum absolute atomic E-state index is 12.5. The average Bonchev–Trinajstić information content (AvgIpc) is 3.11. The zero-order valence-electron chi connectivity index (χ0n) is 14.1. The molecule has 1 heterocycles. The van der Waals surface area contributed by atoms with Gasteiger partial charge < -0.3 is 15.2 Å². The largest absolute Gasteiger partial charge is 0.480 e. The molecule has 132 valence electrons. The Bertz CT molecular complexity index is 720. The molecule has 1 aromatic carbocycles. The summed E-state index contributed by atoms with van der Waals surface area (Å²) in [6, 6.07) is 4.83. The number of hydrogen-bond acceptors (Lipinski definition) is 4. The first-order valence-electron chi connectivity index (χ1n) is 9.14. The van der Waals surface area contributed by atoms with Crippen molar-refractivity contribution in [1.29, 1.82) is 0 Å². The number of carboxylic acids is 1. The van der Waals surface area contributed by atoms with E-state index >= 15 is 0 Å². The zero-order chi connectivity index (χ0) is 17.4. The summed E-state index contributed by atoms with van der Waals surface area (Å²) >= 11 is 0. The van der Waals surface area contributed by atoms with Crippen molar-refractivity contribution in [2.45, 2.75) is 56.6 Å². The van der Waals surface area contributed by atoms with Gasteiger partial charge in [-0.1, -0.05) is 18.6 Å². The number of esters is 1. The van der Waals surface area contributed by atoms with Crippen molar-refractivity contribution in [3.8, 4) is 0 Å². The van der Waals surface area contributed by atoms with Crippen LogP contribution in [0.1, 0.15) is 60.4 Å². The summed E-state index contributed by atoms with van der Waals surface area (Å²) in [6.07, 6.45) is 10.2. The van der Waals surface area contributed by atoms with E-state index in [1.54, 1.807) is 6.07 Å². The van der Waals surface area contributed by atoms with Crippen LogP contribution in [-0.4, -0.2) is 29.2 Å². The van der Waals surface area contributed by atoms with Gasteiger partial charge in [0.05, 0.1) is 5.56 Å². The van der Waals surface area contributed by atoms with E-state index in [1.807, 2.05) is 18.2 Å². The first-order valence-corrected chi connectivity index (χ1v) is 9.14. The molecule has 2 N–H and O–H groups in total. The summed E-state index contributed by atoms with van der Waals surface area (Å²) in [6.45, 7) is 0. The van der Waals surface area contributed by atoms with Crippen LogP contribution in [0.25, 0.3) is 0 Å². The van der Waals surface area contributed by atoms with E-state index < -0.39 is 12.0 Å². The Labute approximate surface area is 147 Å². The fourth-order valence-corrected chi connectivity index (χ4v) is 4.37. The highest BCUT2D eigenvalue weighted by atomic mass is 16.5. The van der Waals surface area contributed by atoms with Crippen LogP contribution >= 0.6 is 0 Å². The summed E-state index contributed by atoms with van der Waals surface area (Å²) in [4.78, 5) is 24.0. The van der Waals surface area contributed by atoms with E-state index in [9.17, 15) is 14.7 Å². The first kappa shape index (κ1) is 16.2. The van der Waals surface area contributed by atoms with Crippen LogP contribution in [0.4, 0.5) is 5.69 Å². The SMILES string of the molecule is O=C(OC1CCCCC1)c1ccc2c(c1)[C@@H]1C=CC[C@@H]1[C@H](C(=O)O)N2. The van der Waals surface area contributed by atoms with Crippen molar-refractivity contribution < 1.29 is 19.4 Å². The zero-order valence-corrected chi connectivity index (χ0v) is 14.1. The number of benzene rings is 1. The topological polar surface area (TPSA) is 75.6 Å². The highest BCUT2D eigenvalue weighted by molar-refractivity contribution is 5.91. The minimum atomic E-state index is -0.829. The third kappa shape index (κ3) is 3.03. The summed E-state index contributed by atoms with van der Waals surface area (Å²) in [7, 11) is 0. The number of carboxylic acid groups (broad SMARTS) is 1. The molecule has 0 aromatic heterocycles. The molecule has 0 unspecified atom stereocenters. The Morgan fingerprint density at radius 2 is 1.96 bits per heavy atom. The van der Waals surface area contributed by atoms with Crippen LogP contribution in [0.3, 0.4) is 0 Å². The van der Waals surface area contributed by atoms with Gasteiger partial charge >= 0.3 is 11.9 Å². The predicted octanol–water partition coefficient (Wildman–Crippen LogP) is 3.71. The maximum atomic E-state index is 12.5. The highest BCUT2D eigenvalue weighted by Crippen LogP contribution is 2.44. The highest BCUT2D eigenvalue weighted by Gasteiger charge is 2.41. The molecule has 0 amide bonds. The summed E-state index contributed by atoms with van der Waals surface area (Å²) < 4.78 is 5.67. The fourth-order valence-electron chi connectivity index (χ4n) is 4.37. The number of carbonyl (C=O) groups is 2. The number of aliphatic carboxylic acids is 1. The molecule has 0 saturated heterocycles. The number of allylic oxidation sites excluding steroid dienone is 2. The third-order valence-electron chi connectivity index (χ3n) is 5.69. The van der Waals surface area contributed by atoms with Crippen LogP contribution in [0, 0.1) is 5.92 Å². The number of nitrogens with one attached hydrogen (secondary N) is 1. The molecular formula is C20H23NO4. The second kappa shape index (κ2) is 6.54. The monoisotopic (exact) mass is 341 g/mol. The second-order valence-corrected chi connectivity index (χ2v) is 7.28. The van der Waals surface area contributed by atoms with Crippen molar-refractivity contribution in [3.63, 3.8) is 0 Å². The van der Waals surface area contributed by atoms with Crippen LogP contribution in [0.5, 0.6) is 0 Å². The third-order valence-corrected chi connectivity index (χ3v) is 5.69. The van der Waals surface area contributed by atoms with Crippen molar-refractivity contribution in [2.24, 2.45) is 5.92 Å². The van der Waals surface area contributed by atoms with Gasteiger partial charge in [0.1, 0.15) is 12.1 Å². The average molecular weight is 341 g/mol. The molecule has 5 heteroatoms.